The van der Waals surface area contributed by atoms with Gasteiger partial charge in [0.15, 0.2) is 5.78 Å². The molecule has 18 heavy (non-hydrogen) atoms. The van der Waals surface area contributed by atoms with Crippen molar-refractivity contribution in [3.63, 3.8) is 0 Å². The molecule has 1 saturated heterocycles. The molecular formula is C13H18N2O3. The lowest BCUT2D eigenvalue weighted by molar-refractivity contribution is 0.0772. The molecule has 0 saturated carbocycles. The van der Waals surface area contributed by atoms with E-state index in [0.29, 0.717) is 24.3 Å². The van der Waals surface area contributed by atoms with Crippen LogP contribution in [0.1, 0.15) is 34.2 Å². The number of amides is 1. The molecule has 0 spiro atoms. The third-order valence-electron chi connectivity index (χ3n) is 3.46. The molecule has 1 fully saturated rings. The Bertz CT molecular complexity index is 479. The van der Waals surface area contributed by atoms with Crippen LogP contribution in [-0.2, 0) is 7.05 Å². The van der Waals surface area contributed by atoms with Crippen molar-refractivity contribution in [3.8, 4) is 0 Å². The minimum atomic E-state index is -0.0686. The topological polar surface area (TPSA) is 62.5 Å². The molecule has 1 aliphatic heterocycles. The number of nitrogens with zero attached hydrogens (tertiary/aromatic N) is 2. The second kappa shape index (κ2) is 4.94. The van der Waals surface area contributed by atoms with Gasteiger partial charge >= 0.3 is 0 Å². The van der Waals surface area contributed by atoms with E-state index >= 15 is 0 Å². The first-order valence-corrected chi connectivity index (χ1v) is 6.10. The van der Waals surface area contributed by atoms with Gasteiger partial charge in [0.25, 0.3) is 5.91 Å². The first-order valence-electron chi connectivity index (χ1n) is 6.10. The van der Waals surface area contributed by atoms with Gasteiger partial charge in [-0.1, -0.05) is 0 Å². The van der Waals surface area contributed by atoms with Crippen LogP contribution in [0.3, 0.4) is 0 Å². The lowest BCUT2D eigenvalue weighted by Gasteiger charge is -2.16. The van der Waals surface area contributed by atoms with E-state index in [4.69, 9.17) is 5.11 Å². The molecule has 2 rings (SSSR count). The summed E-state index contributed by atoms with van der Waals surface area (Å²) >= 11 is 0. The maximum absolute atomic E-state index is 12.3. The number of Topliss-reactive ketones (excluding diaryl/α,β-unsaturated/α-hetero) is 1. The molecule has 1 N–H and O–H groups in total. The van der Waals surface area contributed by atoms with Crippen LogP contribution in [0.4, 0.5) is 0 Å². The molecule has 5 heteroatoms. The Kier molecular flexibility index (Phi) is 3.52. The second-order valence-corrected chi connectivity index (χ2v) is 4.87. The summed E-state index contributed by atoms with van der Waals surface area (Å²) in [5, 5.41) is 9.08. The largest absolute Gasteiger partial charge is 0.396 e. The van der Waals surface area contributed by atoms with Gasteiger partial charge in [-0.05, 0) is 19.4 Å². The van der Waals surface area contributed by atoms with Gasteiger partial charge in [-0.3, -0.25) is 9.59 Å². The number of hydrogen-bond acceptors (Lipinski definition) is 3. The van der Waals surface area contributed by atoms with Gasteiger partial charge in [0, 0.05) is 44.4 Å². The average molecular weight is 250 g/mol. The molecule has 0 radical (unpaired) electrons. The molecule has 1 aromatic rings. The van der Waals surface area contributed by atoms with Crippen LogP contribution in [0.2, 0.25) is 0 Å². The predicted molar refractivity (Wildman–Crippen MR) is 66.5 cm³/mol. The minimum Gasteiger partial charge on any atom is -0.396 e. The zero-order valence-electron chi connectivity index (χ0n) is 10.7. The van der Waals surface area contributed by atoms with Gasteiger partial charge in [-0.25, -0.2) is 0 Å². The standard InChI is InChI=1S/C13H18N2O3/c1-9(17)11-5-12(14(2)7-11)13(18)15-4-3-10(6-15)8-16/h5,7,10,16H,3-4,6,8H2,1-2H3. The van der Waals surface area contributed by atoms with Crippen LogP contribution in [0, 0.1) is 5.92 Å². The molecule has 1 aliphatic rings. The molecule has 2 heterocycles. The fraction of sp³-hybridized carbons (Fsp3) is 0.538. The maximum Gasteiger partial charge on any atom is 0.270 e. The molecule has 1 aromatic heterocycles. The van der Waals surface area contributed by atoms with Crippen molar-refractivity contribution in [2.24, 2.45) is 13.0 Å². The smallest absolute Gasteiger partial charge is 0.270 e. The third-order valence-corrected chi connectivity index (χ3v) is 3.46. The number of rotatable bonds is 3. The fourth-order valence-electron chi connectivity index (χ4n) is 2.30. The summed E-state index contributed by atoms with van der Waals surface area (Å²) in [6.07, 6.45) is 2.52. The van der Waals surface area contributed by atoms with E-state index in [1.54, 1.807) is 28.8 Å². The molecule has 1 atom stereocenters. The number of aliphatic hydroxyl groups excluding tert-OH is 1. The number of ketones is 1. The average Bonchev–Trinajstić information content (AvgIpc) is 2.94. The number of hydrogen-bond donors (Lipinski definition) is 1. The Balaban J connectivity index is 2.16. The maximum atomic E-state index is 12.3. The van der Waals surface area contributed by atoms with Crippen LogP contribution in [0.25, 0.3) is 0 Å². The van der Waals surface area contributed by atoms with E-state index in [0.717, 1.165) is 6.42 Å². The van der Waals surface area contributed by atoms with Crippen LogP contribution in [0.15, 0.2) is 12.3 Å². The summed E-state index contributed by atoms with van der Waals surface area (Å²) in [5.74, 6) is 0.0711. The number of likely N-dealkylation sites (tertiary alicyclic amines) is 1. The van der Waals surface area contributed by atoms with Gasteiger partial charge in [0.2, 0.25) is 0 Å². The van der Waals surface area contributed by atoms with Crippen molar-refractivity contribution in [1.82, 2.24) is 9.47 Å². The molecule has 5 nitrogen and oxygen atoms in total. The molecule has 1 unspecified atom stereocenters. The Morgan fingerprint density at radius 1 is 1.50 bits per heavy atom. The lowest BCUT2D eigenvalue weighted by atomic mass is 10.1. The zero-order valence-corrected chi connectivity index (χ0v) is 10.7. The molecular weight excluding hydrogens is 232 g/mol. The Morgan fingerprint density at radius 2 is 2.22 bits per heavy atom. The van der Waals surface area contributed by atoms with E-state index < -0.39 is 0 Å². The molecule has 0 aromatic carbocycles. The fourth-order valence-corrected chi connectivity index (χ4v) is 2.30. The SMILES string of the molecule is CC(=O)c1cc(C(=O)N2CCC(CO)C2)n(C)c1. The molecule has 0 bridgehead atoms. The predicted octanol–water partition coefficient (Wildman–Crippen LogP) is 0.682. The number of aryl methyl sites for hydroxylation is 1. The number of aliphatic hydroxyl groups is 1. The van der Waals surface area contributed by atoms with Gasteiger partial charge in [0.1, 0.15) is 5.69 Å². The van der Waals surface area contributed by atoms with E-state index in [-0.39, 0.29) is 24.2 Å². The number of carbonyl (C=O) groups excluding carboxylic acids is 2. The minimum absolute atomic E-state index is 0.0423. The second-order valence-electron chi connectivity index (χ2n) is 4.87. The van der Waals surface area contributed by atoms with E-state index in [9.17, 15) is 9.59 Å². The molecule has 1 amide bonds. The van der Waals surface area contributed by atoms with Gasteiger partial charge in [0.05, 0.1) is 0 Å². The monoisotopic (exact) mass is 250 g/mol. The summed E-state index contributed by atoms with van der Waals surface area (Å²) in [6.45, 7) is 2.87. The normalized spacial score (nSPS) is 19.3. The van der Waals surface area contributed by atoms with Crippen molar-refractivity contribution in [1.29, 1.82) is 0 Å². The highest BCUT2D eigenvalue weighted by Gasteiger charge is 2.28. The van der Waals surface area contributed by atoms with Gasteiger partial charge in [-0.2, -0.15) is 0 Å². The first kappa shape index (κ1) is 12.8. The zero-order chi connectivity index (χ0) is 13.3. The van der Waals surface area contributed by atoms with Crippen molar-refractivity contribution < 1.29 is 14.7 Å². The quantitative estimate of drug-likeness (QED) is 0.802. The van der Waals surface area contributed by atoms with E-state index in [2.05, 4.69) is 0 Å². The lowest BCUT2D eigenvalue weighted by Crippen LogP contribution is -2.30. The van der Waals surface area contributed by atoms with Crippen molar-refractivity contribution in [2.45, 2.75) is 13.3 Å². The summed E-state index contributed by atoms with van der Waals surface area (Å²) in [6, 6.07) is 1.64. The Hall–Kier alpha value is -1.62. The summed E-state index contributed by atoms with van der Waals surface area (Å²) in [7, 11) is 1.76. The molecule has 98 valence electrons. The highest BCUT2D eigenvalue weighted by atomic mass is 16.3. The van der Waals surface area contributed by atoms with E-state index in [1.807, 2.05) is 0 Å². The van der Waals surface area contributed by atoms with Crippen molar-refractivity contribution >= 4 is 11.7 Å². The van der Waals surface area contributed by atoms with Crippen LogP contribution < -0.4 is 0 Å². The van der Waals surface area contributed by atoms with Crippen molar-refractivity contribution in [2.75, 3.05) is 19.7 Å². The Labute approximate surface area is 106 Å². The number of aromatic nitrogens is 1. The van der Waals surface area contributed by atoms with Gasteiger partial charge < -0.3 is 14.6 Å². The summed E-state index contributed by atoms with van der Waals surface area (Å²) in [4.78, 5) is 25.3. The Morgan fingerprint density at radius 3 is 2.72 bits per heavy atom. The summed E-state index contributed by atoms with van der Waals surface area (Å²) in [5.41, 5.74) is 1.08. The molecule has 0 aliphatic carbocycles. The van der Waals surface area contributed by atoms with Crippen molar-refractivity contribution in [3.05, 3.63) is 23.5 Å². The number of carbonyl (C=O) groups is 2. The van der Waals surface area contributed by atoms with Crippen LogP contribution >= 0.6 is 0 Å². The third kappa shape index (κ3) is 2.31. The first-order chi connectivity index (χ1) is 8.52. The highest BCUT2D eigenvalue weighted by Crippen LogP contribution is 2.19. The van der Waals surface area contributed by atoms with Gasteiger partial charge in [-0.15, -0.1) is 0 Å². The van der Waals surface area contributed by atoms with Crippen LogP contribution in [-0.4, -0.2) is 46.0 Å². The van der Waals surface area contributed by atoms with Crippen LogP contribution in [0.5, 0.6) is 0 Å². The highest BCUT2D eigenvalue weighted by molar-refractivity contribution is 5.99. The summed E-state index contributed by atoms with van der Waals surface area (Å²) < 4.78 is 1.69. The van der Waals surface area contributed by atoms with E-state index in [1.165, 1.54) is 6.92 Å².